The van der Waals surface area contributed by atoms with E-state index in [9.17, 15) is 4.79 Å². The van der Waals surface area contributed by atoms with Crippen LogP contribution in [0, 0.1) is 0 Å². The van der Waals surface area contributed by atoms with E-state index >= 15 is 0 Å². The van der Waals surface area contributed by atoms with Gasteiger partial charge in [-0.15, -0.1) is 0 Å². The molecule has 2 heteroatoms. The largest absolute Gasteiger partial charge is 0.350 e. The van der Waals surface area contributed by atoms with Gasteiger partial charge in [-0.3, -0.25) is 0 Å². The van der Waals surface area contributed by atoms with Crippen LogP contribution >= 0.6 is 0 Å². The molecular weight excluding hydrogens is 296 g/mol. The van der Waals surface area contributed by atoms with Gasteiger partial charge in [-0.05, 0) is 23.6 Å². The highest BCUT2D eigenvalue weighted by Gasteiger charge is 2.38. The highest BCUT2D eigenvalue weighted by molar-refractivity contribution is 5.56. The summed E-state index contributed by atoms with van der Waals surface area (Å²) in [6.07, 6.45) is 0.300. The molecule has 3 rings (SSSR count). The van der Waals surface area contributed by atoms with Crippen LogP contribution in [0.4, 0.5) is 0 Å². The molecule has 0 spiro atoms. The Balaban J connectivity index is 2.30. The van der Waals surface area contributed by atoms with E-state index < -0.39 is 11.7 Å². The number of aldehydes is 1. The van der Waals surface area contributed by atoms with E-state index in [2.05, 4.69) is 0 Å². The highest BCUT2D eigenvalue weighted by Crippen LogP contribution is 2.41. The average molecular weight is 316 g/mol. The normalized spacial score (nSPS) is 12.5. The van der Waals surface area contributed by atoms with E-state index in [1.54, 1.807) is 6.92 Å². The van der Waals surface area contributed by atoms with Crippen LogP contribution in [0.2, 0.25) is 0 Å². The summed E-state index contributed by atoms with van der Waals surface area (Å²) in [4.78, 5) is 11.4. The van der Waals surface area contributed by atoms with Crippen LogP contribution in [0.1, 0.15) is 23.6 Å². The van der Waals surface area contributed by atoms with E-state index in [-0.39, 0.29) is 0 Å². The van der Waals surface area contributed by atoms with Crippen molar-refractivity contribution in [1.82, 2.24) is 0 Å². The van der Waals surface area contributed by atoms with Crippen molar-refractivity contribution in [3.63, 3.8) is 0 Å². The number of carbonyl (C=O) groups is 1. The van der Waals surface area contributed by atoms with E-state index in [1.165, 1.54) is 0 Å². The van der Waals surface area contributed by atoms with Gasteiger partial charge >= 0.3 is 0 Å². The number of hydrogen-bond donors (Lipinski definition) is 0. The molecule has 1 unspecified atom stereocenters. The molecule has 0 N–H and O–H groups in total. The third-order valence-electron chi connectivity index (χ3n) is 4.10. The molecule has 24 heavy (non-hydrogen) atoms. The first-order chi connectivity index (χ1) is 11.8. The lowest BCUT2D eigenvalue weighted by Gasteiger charge is -2.37. The molecule has 0 aliphatic carbocycles. The average Bonchev–Trinajstić information content (AvgIpc) is 2.68. The van der Waals surface area contributed by atoms with Crippen LogP contribution in [-0.4, -0.2) is 12.4 Å². The summed E-state index contributed by atoms with van der Waals surface area (Å²) in [5.74, 6) is 0. The van der Waals surface area contributed by atoms with Crippen molar-refractivity contribution in [3.05, 3.63) is 108 Å². The summed E-state index contributed by atoms with van der Waals surface area (Å²) < 4.78 is 6.38. The van der Waals surface area contributed by atoms with Gasteiger partial charge in [0.1, 0.15) is 18.0 Å². The van der Waals surface area contributed by atoms with Crippen molar-refractivity contribution in [2.45, 2.75) is 18.6 Å². The van der Waals surface area contributed by atoms with Crippen molar-refractivity contribution in [1.29, 1.82) is 0 Å². The van der Waals surface area contributed by atoms with Crippen molar-refractivity contribution < 1.29 is 9.53 Å². The summed E-state index contributed by atoms with van der Waals surface area (Å²) in [6, 6.07) is 30.1. The first-order valence-corrected chi connectivity index (χ1v) is 8.07. The predicted octanol–water partition coefficient (Wildman–Crippen LogP) is 4.58. The minimum Gasteiger partial charge on any atom is -0.350 e. The topological polar surface area (TPSA) is 26.3 Å². The molecule has 0 bridgehead atoms. The van der Waals surface area contributed by atoms with Crippen molar-refractivity contribution in [3.8, 4) is 0 Å². The lowest BCUT2D eigenvalue weighted by molar-refractivity contribution is -0.124. The number of hydrogen-bond acceptors (Lipinski definition) is 2. The predicted molar refractivity (Wildman–Crippen MR) is 95.8 cm³/mol. The Morgan fingerprint density at radius 1 is 0.708 bits per heavy atom. The Morgan fingerprint density at radius 2 is 1.04 bits per heavy atom. The van der Waals surface area contributed by atoms with Crippen molar-refractivity contribution in [2.75, 3.05) is 0 Å². The molecule has 0 amide bonds. The number of carbonyl (C=O) groups excluding carboxylic acids is 1. The Kier molecular flexibility index (Phi) is 4.88. The molecule has 0 fully saturated rings. The highest BCUT2D eigenvalue weighted by atomic mass is 16.5. The van der Waals surface area contributed by atoms with Gasteiger partial charge in [0.2, 0.25) is 0 Å². The van der Waals surface area contributed by atoms with Gasteiger partial charge in [-0.25, -0.2) is 0 Å². The Morgan fingerprint density at radius 3 is 1.33 bits per heavy atom. The maximum absolute atomic E-state index is 11.4. The molecule has 1 atom stereocenters. The minimum atomic E-state index is -0.829. The SMILES string of the molecule is CC(C=O)OC(c1ccccc1)(c1ccccc1)c1ccccc1. The monoisotopic (exact) mass is 316 g/mol. The third kappa shape index (κ3) is 3.01. The van der Waals surface area contributed by atoms with Crippen LogP contribution in [0.5, 0.6) is 0 Å². The molecule has 0 aliphatic heterocycles. The fraction of sp³-hybridized carbons (Fsp3) is 0.136. The summed E-state index contributed by atoms with van der Waals surface area (Å²) in [5.41, 5.74) is 2.16. The third-order valence-corrected chi connectivity index (χ3v) is 4.10. The fourth-order valence-electron chi connectivity index (χ4n) is 3.03. The van der Waals surface area contributed by atoms with Crippen LogP contribution < -0.4 is 0 Å². The van der Waals surface area contributed by atoms with E-state index in [0.717, 1.165) is 23.0 Å². The second-order valence-electron chi connectivity index (χ2n) is 5.74. The zero-order valence-corrected chi connectivity index (χ0v) is 13.6. The van der Waals surface area contributed by atoms with E-state index in [0.29, 0.717) is 0 Å². The molecule has 0 aromatic heterocycles. The van der Waals surface area contributed by atoms with Gasteiger partial charge in [-0.2, -0.15) is 0 Å². The lowest BCUT2D eigenvalue weighted by atomic mass is 9.80. The van der Waals surface area contributed by atoms with Crippen molar-refractivity contribution >= 4 is 6.29 Å². The molecular formula is C22H20O2. The van der Waals surface area contributed by atoms with Crippen molar-refractivity contribution in [2.24, 2.45) is 0 Å². The van der Waals surface area contributed by atoms with Crippen LogP contribution in [0.15, 0.2) is 91.0 Å². The lowest BCUT2D eigenvalue weighted by Crippen LogP contribution is -2.36. The Labute approximate surface area is 142 Å². The summed E-state index contributed by atoms with van der Waals surface area (Å²) in [5, 5.41) is 0. The second-order valence-corrected chi connectivity index (χ2v) is 5.74. The minimum absolute atomic E-state index is 0.536. The van der Waals surface area contributed by atoms with E-state index in [1.807, 2.05) is 91.0 Å². The van der Waals surface area contributed by atoms with Gasteiger partial charge in [0.05, 0.1) is 0 Å². The summed E-state index contributed by atoms with van der Waals surface area (Å²) in [6.45, 7) is 1.77. The molecule has 0 radical (unpaired) electrons. The molecule has 0 aliphatic rings. The Bertz CT molecular complexity index is 670. The van der Waals surface area contributed by atoms with Crippen LogP contribution in [0.25, 0.3) is 0 Å². The summed E-state index contributed by atoms with van der Waals surface area (Å²) >= 11 is 0. The number of ether oxygens (including phenoxy) is 1. The Hall–Kier alpha value is -2.71. The molecule has 0 saturated heterocycles. The van der Waals surface area contributed by atoms with E-state index in [4.69, 9.17) is 4.74 Å². The standard InChI is InChI=1S/C22H20O2/c1-18(17-23)24-22(19-11-5-2-6-12-19,20-13-7-3-8-14-20)21-15-9-4-10-16-21/h2-18H,1H3. The van der Waals surface area contributed by atoms with Gasteiger partial charge < -0.3 is 9.53 Å². The van der Waals surface area contributed by atoms with Gasteiger partial charge in [0.25, 0.3) is 0 Å². The quantitative estimate of drug-likeness (QED) is 0.491. The first kappa shape index (κ1) is 16.2. The summed E-state index contributed by atoms with van der Waals surface area (Å²) in [7, 11) is 0. The number of rotatable bonds is 6. The second kappa shape index (κ2) is 7.24. The molecule has 0 saturated carbocycles. The smallest absolute Gasteiger partial charge is 0.148 e. The number of benzene rings is 3. The molecule has 3 aromatic carbocycles. The van der Waals surface area contributed by atoms with Crippen LogP contribution in [-0.2, 0) is 15.1 Å². The maximum Gasteiger partial charge on any atom is 0.148 e. The van der Waals surface area contributed by atoms with Gasteiger partial charge in [0.15, 0.2) is 0 Å². The van der Waals surface area contributed by atoms with Gasteiger partial charge in [0, 0.05) is 0 Å². The fourth-order valence-corrected chi connectivity index (χ4v) is 3.03. The molecule has 120 valence electrons. The molecule has 0 heterocycles. The van der Waals surface area contributed by atoms with Gasteiger partial charge in [-0.1, -0.05) is 91.0 Å². The molecule has 3 aromatic rings. The zero-order valence-electron chi connectivity index (χ0n) is 13.6. The first-order valence-electron chi connectivity index (χ1n) is 8.07. The zero-order chi connectivity index (χ0) is 16.8. The van der Waals surface area contributed by atoms with Crippen LogP contribution in [0.3, 0.4) is 0 Å². The maximum atomic E-state index is 11.4. The molecule has 2 nitrogen and oxygen atoms in total.